The summed E-state index contributed by atoms with van der Waals surface area (Å²) in [6, 6.07) is 0. The SMILES string of the molecule is Cc1nonc1CN(C)C(=O)CN1C(=O)[C@H]2CC[C@@](C)(C1=O)C2(C)C. The lowest BCUT2D eigenvalue weighted by Gasteiger charge is -2.47. The molecule has 3 rings (SSSR count). The van der Waals surface area contributed by atoms with Crippen molar-refractivity contribution in [2.24, 2.45) is 16.7 Å². The van der Waals surface area contributed by atoms with Gasteiger partial charge in [-0.2, -0.15) is 0 Å². The van der Waals surface area contributed by atoms with E-state index in [1.807, 2.05) is 20.8 Å². The molecule has 0 aromatic carbocycles. The van der Waals surface area contributed by atoms with Crippen LogP contribution in [0.4, 0.5) is 0 Å². The first-order valence-corrected chi connectivity index (χ1v) is 8.47. The van der Waals surface area contributed by atoms with E-state index in [2.05, 4.69) is 14.9 Å². The van der Waals surface area contributed by atoms with Crippen LogP contribution < -0.4 is 0 Å². The quantitative estimate of drug-likeness (QED) is 0.757. The minimum absolute atomic E-state index is 0.213. The van der Waals surface area contributed by atoms with Crippen molar-refractivity contribution in [1.82, 2.24) is 20.1 Å². The van der Waals surface area contributed by atoms with Crippen LogP contribution in [0.1, 0.15) is 45.0 Å². The number of amides is 3. The molecule has 8 nitrogen and oxygen atoms in total. The van der Waals surface area contributed by atoms with Crippen LogP contribution >= 0.6 is 0 Å². The number of piperidine rings is 1. The van der Waals surface area contributed by atoms with E-state index >= 15 is 0 Å². The second-order valence-corrected chi connectivity index (χ2v) is 7.92. The molecular formula is C17H24N4O4. The van der Waals surface area contributed by atoms with Gasteiger partial charge in [-0.05, 0) is 25.2 Å². The van der Waals surface area contributed by atoms with E-state index in [-0.39, 0.29) is 42.1 Å². The van der Waals surface area contributed by atoms with Gasteiger partial charge in [-0.3, -0.25) is 19.3 Å². The van der Waals surface area contributed by atoms with Gasteiger partial charge < -0.3 is 4.90 Å². The molecule has 2 bridgehead atoms. The first kappa shape index (κ1) is 17.6. The summed E-state index contributed by atoms with van der Waals surface area (Å²) < 4.78 is 4.63. The van der Waals surface area contributed by atoms with Gasteiger partial charge in [-0.1, -0.05) is 31.1 Å². The number of carbonyl (C=O) groups excluding carboxylic acids is 3. The molecule has 1 aromatic heterocycles. The monoisotopic (exact) mass is 348 g/mol. The van der Waals surface area contributed by atoms with Crippen LogP contribution in [-0.2, 0) is 20.9 Å². The zero-order chi connectivity index (χ0) is 18.6. The van der Waals surface area contributed by atoms with Gasteiger partial charge in [0.05, 0.1) is 12.0 Å². The van der Waals surface area contributed by atoms with Gasteiger partial charge in [0.15, 0.2) is 0 Å². The van der Waals surface area contributed by atoms with Crippen molar-refractivity contribution in [1.29, 1.82) is 0 Å². The molecule has 25 heavy (non-hydrogen) atoms. The summed E-state index contributed by atoms with van der Waals surface area (Å²) in [5, 5.41) is 7.43. The molecule has 2 aliphatic rings. The second-order valence-electron chi connectivity index (χ2n) is 7.92. The third kappa shape index (κ3) is 2.46. The topological polar surface area (TPSA) is 96.6 Å². The normalized spacial score (nSPS) is 27.7. The summed E-state index contributed by atoms with van der Waals surface area (Å²) in [4.78, 5) is 40.9. The predicted molar refractivity (Wildman–Crippen MR) is 86.8 cm³/mol. The molecule has 0 spiro atoms. The van der Waals surface area contributed by atoms with E-state index in [0.717, 1.165) is 4.90 Å². The summed E-state index contributed by atoms with van der Waals surface area (Å²) in [5.41, 5.74) is 0.185. The molecule has 1 aliphatic heterocycles. The van der Waals surface area contributed by atoms with Crippen LogP contribution in [0.25, 0.3) is 0 Å². The molecule has 1 saturated carbocycles. The molecular weight excluding hydrogens is 324 g/mol. The standard InChI is InChI=1S/C17H24N4O4/c1-10-12(19-25-18-10)8-20(5)13(22)9-21-14(23)11-6-7-17(4,15(21)24)16(11,2)3/h11H,6-9H2,1-5H3/t11-,17+/m1/s1. The maximum absolute atomic E-state index is 13.0. The number of imide groups is 1. The zero-order valence-corrected chi connectivity index (χ0v) is 15.3. The molecule has 1 aliphatic carbocycles. The minimum Gasteiger partial charge on any atom is -0.338 e. The highest BCUT2D eigenvalue weighted by atomic mass is 16.6. The molecule has 8 heteroatoms. The van der Waals surface area contributed by atoms with E-state index in [9.17, 15) is 14.4 Å². The number of hydrogen-bond acceptors (Lipinski definition) is 6. The smallest absolute Gasteiger partial charge is 0.242 e. The number of rotatable bonds is 4. The molecule has 0 radical (unpaired) electrons. The first-order valence-electron chi connectivity index (χ1n) is 8.47. The Balaban J connectivity index is 1.74. The van der Waals surface area contributed by atoms with Crippen molar-refractivity contribution < 1.29 is 19.0 Å². The van der Waals surface area contributed by atoms with E-state index in [4.69, 9.17) is 0 Å². The fourth-order valence-electron chi connectivity index (χ4n) is 4.01. The minimum atomic E-state index is -0.600. The van der Waals surface area contributed by atoms with Crippen molar-refractivity contribution in [2.75, 3.05) is 13.6 Å². The van der Waals surface area contributed by atoms with Crippen LogP contribution in [0.2, 0.25) is 0 Å². The lowest BCUT2D eigenvalue weighted by molar-refractivity contribution is -0.170. The van der Waals surface area contributed by atoms with E-state index in [0.29, 0.717) is 24.2 Å². The Bertz CT molecular complexity index is 741. The highest BCUT2D eigenvalue weighted by molar-refractivity contribution is 6.06. The molecule has 1 saturated heterocycles. The number of aromatic nitrogens is 2. The summed E-state index contributed by atoms with van der Waals surface area (Å²) in [5.74, 6) is -0.995. The summed E-state index contributed by atoms with van der Waals surface area (Å²) in [6.45, 7) is 7.59. The molecule has 1 aromatic rings. The second kappa shape index (κ2) is 5.64. The summed E-state index contributed by atoms with van der Waals surface area (Å²) >= 11 is 0. The Morgan fingerprint density at radius 2 is 2.00 bits per heavy atom. The predicted octanol–water partition coefficient (Wildman–Crippen LogP) is 1.15. The molecule has 2 fully saturated rings. The summed E-state index contributed by atoms with van der Waals surface area (Å²) in [6.07, 6.45) is 1.37. The van der Waals surface area contributed by atoms with Crippen LogP contribution in [0.3, 0.4) is 0 Å². The van der Waals surface area contributed by atoms with Gasteiger partial charge in [0.25, 0.3) is 0 Å². The van der Waals surface area contributed by atoms with Gasteiger partial charge in [-0.15, -0.1) is 0 Å². The number of aryl methyl sites for hydroxylation is 1. The number of fused-ring (bicyclic) bond motifs is 2. The van der Waals surface area contributed by atoms with Gasteiger partial charge >= 0.3 is 0 Å². The fourth-order valence-corrected chi connectivity index (χ4v) is 4.01. The number of hydrogen-bond donors (Lipinski definition) is 0. The average Bonchev–Trinajstić information content (AvgIpc) is 3.02. The first-order chi connectivity index (χ1) is 11.6. The third-order valence-corrected chi connectivity index (χ3v) is 6.36. The lowest BCUT2D eigenvalue weighted by Crippen LogP contribution is -2.60. The van der Waals surface area contributed by atoms with E-state index < -0.39 is 5.41 Å². The number of likely N-dealkylation sites (N-methyl/N-ethyl adjacent to an activating group) is 1. The average molecular weight is 348 g/mol. The van der Waals surface area contributed by atoms with E-state index in [1.54, 1.807) is 14.0 Å². The fraction of sp³-hybridized carbons (Fsp3) is 0.706. The van der Waals surface area contributed by atoms with Crippen LogP contribution in [0.5, 0.6) is 0 Å². The van der Waals surface area contributed by atoms with Crippen molar-refractivity contribution in [3.05, 3.63) is 11.4 Å². The Kier molecular flexibility index (Phi) is 3.96. The Morgan fingerprint density at radius 1 is 1.32 bits per heavy atom. The third-order valence-electron chi connectivity index (χ3n) is 6.36. The van der Waals surface area contributed by atoms with Crippen LogP contribution in [-0.4, -0.2) is 51.4 Å². The number of carbonyl (C=O) groups is 3. The Labute approximate surface area is 146 Å². The molecule has 136 valence electrons. The van der Waals surface area contributed by atoms with E-state index in [1.165, 1.54) is 4.90 Å². The van der Waals surface area contributed by atoms with Crippen molar-refractivity contribution in [2.45, 2.75) is 47.1 Å². The highest BCUT2D eigenvalue weighted by Gasteiger charge is 2.64. The van der Waals surface area contributed by atoms with Crippen molar-refractivity contribution in [3.8, 4) is 0 Å². The van der Waals surface area contributed by atoms with Crippen molar-refractivity contribution >= 4 is 17.7 Å². The maximum Gasteiger partial charge on any atom is 0.242 e. The molecule has 0 N–H and O–H groups in total. The molecule has 2 atom stereocenters. The molecule has 2 heterocycles. The zero-order valence-electron chi connectivity index (χ0n) is 15.3. The molecule has 3 amide bonds. The van der Waals surface area contributed by atoms with Gasteiger partial charge in [-0.25, -0.2) is 4.63 Å². The van der Waals surface area contributed by atoms with Gasteiger partial charge in [0.1, 0.15) is 17.9 Å². The Morgan fingerprint density at radius 3 is 2.60 bits per heavy atom. The lowest BCUT2D eigenvalue weighted by atomic mass is 9.62. The molecule has 0 unspecified atom stereocenters. The van der Waals surface area contributed by atoms with Crippen LogP contribution in [0.15, 0.2) is 4.63 Å². The van der Waals surface area contributed by atoms with Crippen molar-refractivity contribution in [3.63, 3.8) is 0 Å². The number of nitrogens with zero attached hydrogens (tertiary/aromatic N) is 4. The highest BCUT2D eigenvalue weighted by Crippen LogP contribution is 2.59. The van der Waals surface area contributed by atoms with Gasteiger partial charge in [0, 0.05) is 13.0 Å². The van der Waals surface area contributed by atoms with Gasteiger partial charge in [0.2, 0.25) is 17.7 Å². The summed E-state index contributed by atoms with van der Waals surface area (Å²) in [7, 11) is 1.61. The largest absolute Gasteiger partial charge is 0.338 e. The Hall–Kier alpha value is -2.25. The number of likely N-dealkylation sites (tertiary alicyclic amines) is 1. The maximum atomic E-state index is 13.0. The van der Waals surface area contributed by atoms with Crippen LogP contribution in [0, 0.1) is 23.7 Å².